The Balaban J connectivity index is 1.37. The molecule has 0 aromatic heterocycles. The zero-order chi connectivity index (χ0) is 24.5. The third kappa shape index (κ3) is 5.32. The SMILES string of the molecule is O=C(NC(CC(F)(F)F)C(=O)NCC1CC1C(=O)O)OCC1c2ccccc2-c2ccccc21. The molecule has 0 radical (unpaired) electrons. The smallest absolute Gasteiger partial charge is 0.407 e. The fourth-order valence-corrected chi connectivity index (χ4v) is 4.35. The van der Waals surface area contributed by atoms with E-state index in [1.807, 2.05) is 53.8 Å². The molecule has 4 rings (SSSR count). The molecule has 2 amide bonds. The molecular formula is C24H23F3N2O5. The van der Waals surface area contributed by atoms with Gasteiger partial charge < -0.3 is 20.5 Å². The minimum atomic E-state index is -4.71. The lowest BCUT2D eigenvalue weighted by molar-refractivity contribution is -0.149. The summed E-state index contributed by atoms with van der Waals surface area (Å²) in [6.45, 7) is -0.181. The van der Waals surface area contributed by atoms with Crippen LogP contribution in [0.25, 0.3) is 11.1 Å². The largest absolute Gasteiger partial charge is 0.481 e. The van der Waals surface area contributed by atoms with Crippen LogP contribution in [-0.2, 0) is 14.3 Å². The summed E-state index contributed by atoms with van der Waals surface area (Å²) in [5.41, 5.74) is 3.89. The highest BCUT2D eigenvalue weighted by Crippen LogP contribution is 2.44. The van der Waals surface area contributed by atoms with E-state index in [-0.39, 0.29) is 25.0 Å². The van der Waals surface area contributed by atoms with Crippen molar-refractivity contribution in [2.45, 2.75) is 31.0 Å². The standard InChI is InChI=1S/C24H23F3N2O5/c25-24(26,27)10-20(21(30)28-11-13-9-18(13)22(31)32)29-23(33)34-12-19-16-7-3-1-5-14(16)15-6-2-4-8-17(15)19/h1-8,13,18-20H,9-12H2,(H,28,30)(H,29,33)(H,31,32). The van der Waals surface area contributed by atoms with Gasteiger partial charge in [-0.2, -0.15) is 13.2 Å². The number of hydrogen-bond donors (Lipinski definition) is 3. The van der Waals surface area contributed by atoms with Crippen LogP contribution < -0.4 is 10.6 Å². The van der Waals surface area contributed by atoms with E-state index < -0.39 is 42.5 Å². The van der Waals surface area contributed by atoms with Crippen LogP contribution in [0.15, 0.2) is 48.5 Å². The van der Waals surface area contributed by atoms with Crippen molar-refractivity contribution < 1.29 is 37.4 Å². The second kappa shape index (κ2) is 9.36. The summed E-state index contributed by atoms with van der Waals surface area (Å²) in [5.74, 6) is -3.28. The van der Waals surface area contributed by atoms with Crippen LogP contribution >= 0.6 is 0 Å². The summed E-state index contributed by atoms with van der Waals surface area (Å²) < 4.78 is 44.3. The number of carbonyl (C=O) groups excluding carboxylic acids is 2. The van der Waals surface area contributed by atoms with Gasteiger partial charge in [0.15, 0.2) is 0 Å². The molecule has 34 heavy (non-hydrogen) atoms. The van der Waals surface area contributed by atoms with Crippen molar-refractivity contribution in [1.82, 2.24) is 10.6 Å². The number of fused-ring (bicyclic) bond motifs is 3. The monoisotopic (exact) mass is 476 g/mol. The van der Waals surface area contributed by atoms with Crippen LogP contribution in [0.4, 0.5) is 18.0 Å². The lowest BCUT2D eigenvalue weighted by atomic mass is 9.98. The van der Waals surface area contributed by atoms with Gasteiger partial charge in [0.05, 0.1) is 12.3 Å². The Morgan fingerprint density at radius 2 is 1.62 bits per heavy atom. The van der Waals surface area contributed by atoms with Crippen molar-refractivity contribution in [3.63, 3.8) is 0 Å². The number of alkyl halides is 3. The zero-order valence-electron chi connectivity index (χ0n) is 18.0. The molecule has 1 fully saturated rings. The van der Waals surface area contributed by atoms with E-state index in [9.17, 15) is 27.6 Å². The molecule has 0 aliphatic heterocycles. The van der Waals surface area contributed by atoms with Gasteiger partial charge >= 0.3 is 18.2 Å². The van der Waals surface area contributed by atoms with E-state index in [4.69, 9.17) is 9.84 Å². The quantitative estimate of drug-likeness (QED) is 0.539. The zero-order valence-corrected chi connectivity index (χ0v) is 18.0. The average Bonchev–Trinajstić information content (AvgIpc) is 3.50. The Bertz CT molecular complexity index is 1060. The van der Waals surface area contributed by atoms with Gasteiger partial charge in [0.25, 0.3) is 0 Å². The number of halogens is 3. The van der Waals surface area contributed by atoms with Crippen molar-refractivity contribution in [3.8, 4) is 11.1 Å². The highest BCUT2D eigenvalue weighted by atomic mass is 19.4. The van der Waals surface area contributed by atoms with Crippen molar-refractivity contribution >= 4 is 18.0 Å². The predicted molar refractivity (Wildman–Crippen MR) is 115 cm³/mol. The van der Waals surface area contributed by atoms with Crippen molar-refractivity contribution in [2.75, 3.05) is 13.2 Å². The molecule has 0 bridgehead atoms. The lowest BCUT2D eigenvalue weighted by Crippen LogP contribution is -2.49. The number of carbonyl (C=O) groups is 3. The van der Waals surface area contributed by atoms with E-state index in [2.05, 4.69) is 5.32 Å². The van der Waals surface area contributed by atoms with Crippen molar-refractivity contribution in [1.29, 1.82) is 0 Å². The lowest BCUT2D eigenvalue weighted by Gasteiger charge is -2.21. The van der Waals surface area contributed by atoms with Gasteiger partial charge in [-0.3, -0.25) is 9.59 Å². The number of carboxylic acids is 1. The number of aliphatic carboxylic acids is 1. The highest BCUT2D eigenvalue weighted by Gasteiger charge is 2.44. The maximum atomic E-state index is 13.0. The molecule has 0 heterocycles. The maximum absolute atomic E-state index is 13.0. The second-order valence-corrected chi connectivity index (χ2v) is 8.53. The Kier molecular flexibility index (Phi) is 6.49. The molecule has 7 nitrogen and oxygen atoms in total. The summed E-state index contributed by atoms with van der Waals surface area (Å²) >= 11 is 0. The van der Waals surface area contributed by atoms with Crippen molar-refractivity contribution in [2.24, 2.45) is 11.8 Å². The summed E-state index contributed by atoms with van der Waals surface area (Å²) in [6.07, 6.45) is -7.07. The molecule has 0 spiro atoms. The van der Waals surface area contributed by atoms with Crippen LogP contribution in [0.3, 0.4) is 0 Å². The number of ether oxygens (including phenoxy) is 1. The van der Waals surface area contributed by atoms with Crippen LogP contribution in [0.5, 0.6) is 0 Å². The number of nitrogens with one attached hydrogen (secondary N) is 2. The van der Waals surface area contributed by atoms with Gasteiger partial charge in [-0.1, -0.05) is 48.5 Å². The van der Waals surface area contributed by atoms with E-state index in [0.29, 0.717) is 6.42 Å². The average molecular weight is 476 g/mol. The van der Waals surface area contributed by atoms with E-state index in [1.165, 1.54) is 0 Å². The molecule has 2 aliphatic carbocycles. The molecule has 3 unspecified atom stereocenters. The number of alkyl carbamates (subject to hydrolysis) is 1. The number of carboxylic acid groups (broad SMARTS) is 1. The topological polar surface area (TPSA) is 105 Å². The molecule has 2 aromatic carbocycles. The first-order valence-corrected chi connectivity index (χ1v) is 10.8. The minimum Gasteiger partial charge on any atom is -0.481 e. The number of rotatable bonds is 8. The molecular weight excluding hydrogens is 453 g/mol. The first-order chi connectivity index (χ1) is 16.1. The van der Waals surface area contributed by atoms with E-state index >= 15 is 0 Å². The minimum absolute atomic E-state index is 0.0729. The van der Waals surface area contributed by atoms with Crippen LogP contribution in [0.1, 0.15) is 29.9 Å². The molecule has 0 saturated heterocycles. The Morgan fingerprint density at radius 3 is 2.15 bits per heavy atom. The Labute approximate surface area is 193 Å². The summed E-state index contributed by atoms with van der Waals surface area (Å²) in [7, 11) is 0. The third-order valence-corrected chi connectivity index (χ3v) is 6.17. The first kappa shape index (κ1) is 23.6. The molecule has 2 aromatic rings. The Morgan fingerprint density at radius 1 is 1.03 bits per heavy atom. The van der Waals surface area contributed by atoms with Crippen LogP contribution in [-0.4, -0.2) is 48.4 Å². The molecule has 1 saturated carbocycles. The highest BCUT2D eigenvalue weighted by molar-refractivity contribution is 5.86. The van der Waals surface area contributed by atoms with Gasteiger partial charge in [0.2, 0.25) is 5.91 Å². The van der Waals surface area contributed by atoms with Gasteiger partial charge in [0, 0.05) is 12.5 Å². The summed E-state index contributed by atoms with van der Waals surface area (Å²) in [6, 6.07) is 13.3. The second-order valence-electron chi connectivity index (χ2n) is 8.53. The fourth-order valence-electron chi connectivity index (χ4n) is 4.35. The Hall–Kier alpha value is -3.56. The van der Waals surface area contributed by atoms with Gasteiger partial charge in [-0.15, -0.1) is 0 Å². The molecule has 2 aliphatic rings. The molecule has 3 atom stereocenters. The van der Waals surface area contributed by atoms with E-state index in [1.54, 1.807) is 0 Å². The number of benzene rings is 2. The summed E-state index contributed by atoms with van der Waals surface area (Å²) in [5, 5.41) is 13.2. The molecule has 10 heteroatoms. The van der Waals surface area contributed by atoms with Crippen LogP contribution in [0, 0.1) is 11.8 Å². The number of amides is 2. The fraction of sp³-hybridized carbons (Fsp3) is 0.375. The third-order valence-electron chi connectivity index (χ3n) is 6.17. The summed E-state index contributed by atoms with van der Waals surface area (Å²) in [4.78, 5) is 35.6. The normalized spacial score (nSPS) is 19.5. The number of hydrogen-bond acceptors (Lipinski definition) is 4. The van der Waals surface area contributed by atoms with Crippen molar-refractivity contribution in [3.05, 3.63) is 59.7 Å². The van der Waals surface area contributed by atoms with Gasteiger partial charge in [-0.05, 0) is 34.6 Å². The van der Waals surface area contributed by atoms with E-state index in [0.717, 1.165) is 22.3 Å². The predicted octanol–water partition coefficient (Wildman–Crippen LogP) is 3.68. The van der Waals surface area contributed by atoms with Gasteiger partial charge in [0.1, 0.15) is 12.6 Å². The van der Waals surface area contributed by atoms with Gasteiger partial charge in [-0.25, -0.2) is 4.79 Å². The molecule has 3 N–H and O–H groups in total. The molecule has 180 valence electrons. The maximum Gasteiger partial charge on any atom is 0.407 e. The first-order valence-electron chi connectivity index (χ1n) is 10.8. The van der Waals surface area contributed by atoms with Crippen LogP contribution in [0.2, 0.25) is 0 Å².